The van der Waals surface area contributed by atoms with Gasteiger partial charge in [-0.05, 0) is 36.9 Å². The molecular weight excluding hydrogens is 424 g/mol. The van der Waals surface area contributed by atoms with E-state index < -0.39 is 5.41 Å². The Hall–Kier alpha value is -3.07. The van der Waals surface area contributed by atoms with Crippen molar-refractivity contribution in [3.63, 3.8) is 0 Å². The number of anilines is 1. The second kappa shape index (κ2) is 8.46. The Balaban J connectivity index is 1.53. The van der Waals surface area contributed by atoms with E-state index in [0.29, 0.717) is 24.7 Å². The molecule has 32 heavy (non-hydrogen) atoms. The fourth-order valence-corrected chi connectivity index (χ4v) is 4.40. The highest BCUT2D eigenvalue weighted by molar-refractivity contribution is 7.17. The number of hydrogen-bond donors (Lipinski definition) is 2. The molecule has 4 rings (SSSR count). The van der Waals surface area contributed by atoms with E-state index in [0.717, 1.165) is 21.5 Å². The van der Waals surface area contributed by atoms with Gasteiger partial charge in [0.25, 0.3) is 5.91 Å². The van der Waals surface area contributed by atoms with E-state index in [4.69, 9.17) is 0 Å². The van der Waals surface area contributed by atoms with Crippen LogP contribution in [-0.2, 0) is 4.79 Å². The van der Waals surface area contributed by atoms with Crippen molar-refractivity contribution in [3.8, 4) is 0 Å². The van der Waals surface area contributed by atoms with Gasteiger partial charge in [-0.1, -0.05) is 26.8 Å². The highest BCUT2D eigenvalue weighted by Crippen LogP contribution is 2.30. The van der Waals surface area contributed by atoms with Gasteiger partial charge in [0.15, 0.2) is 5.69 Å². The minimum Gasteiger partial charge on any atom is -0.349 e. The van der Waals surface area contributed by atoms with Gasteiger partial charge in [0.05, 0.1) is 28.0 Å². The Labute approximate surface area is 191 Å². The molecule has 1 saturated heterocycles. The molecule has 1 aliphatic heterocycles. The molecule has 0 radical (unpaired) electrons. The summed E-state index contributed by atoms with van der Waals surface area (Å²) in [5, 5.41) is 8.28. The summed E-state index contributed by atoms with van der Waals surface area (Å²) in [4.78, 5) is 40.8. The number of rotatable bonds is 5. The molecule has 9 heteroatoms. The minimum absolute atomic E-state index is 0.0112. The second-order valence-corrected chi connectivity index (χ2v) is 10.1. The molecule has 0 spiro atoms. The van der Waals surface area contributed by atoms with Crippen LogP contribution in [0.2, 0.25) is 0 Å². The van der Waals surface area contributed by atoms with E-state index in [-0.39, 0.29) is 23.9 Å². The summed E-state index contributed by atoms with van der Waals surface area (Å²) in [5.74, 6) is 0.246. The Kier molecular flexibility index (Phi) is 5.85. The summed E-state index contributed by atoms with van der Waals surface area (Å²) in [6.45, 7) is 10.5. The van der Waals surface area contributed by atoms with Crippen molar-refractivity contribution >= 4 is 39.3 Å². The van der Waals surface area contributed by atoms with Crippen molar-refractivity contribution in [1.82, 2.24) is 25.2 Å². The zero-order chi connectivity index (χ0) is 23.0. The number of carbonyl (C=O) groups is 2. The van der Waals surface area contributed by atoms with Gasteiger partial charge in [0, 0.05) is 24.7 Å². The van der Waals surface area contributed by atoms with Gasteiger partial charge in [-0.15, -0.1) is 11.3 Å². The van der Waals surface area contributed by atoms with Gasteiger partial charge in [-0.2, -0.15) is 0 Å². The topological polar surface area (TPSA) is 100 Å². The van der Waals surface area contributed by atoms with E-state index in [1.165, 1.54) is 11.3 Å². The molecule has 0 bridgehead atoms. The van der Waals surface area contributed by atoms with Gasteiger partial charge in [0.2, 0.25) is 11.9 Å². The first-order valence-electron chi connectivity index (χ1n) is 10.7. The van der Waals surface area contributed by atoms with Crippen LogP contribution in [-0.4, -0.2) is 50.8 Å². The van der Waals surface area contributed by atoms with Gasteiger partial charge >= 0.3 is 0 Å². The Morgan fingerprint density at radius 1 is 1.22 bits per heavy atom. The smallest absolute Gasteiger partial charge is 0.274 e. The first kappa shape index (κ1) is 22.1. The number of hydrogen-bond acceptors (Lipinski definition) is 7. The zero-order valence-electron chi connectivity index (χ0n) is 19.0. The molecule has 168 valence electrons. The number of thiophene rings is 1. The van der Waals surface area contributed by atoms with Crippen LogP contribution in [0.15, 0.2) is 29.8 Å². The monoisotopic (exact) mass is 452 g/mol. The lowest BCUT2D eigenvalue weighted by Crippen LogP contribution is -2.62. The average molecular weight is 453 g/mol. The number of amides is 2. The molecule has 4 heterocycles. The molecule has 3 aromatic rings. The van der Waals surface area contributed by atoms with Crippen molar-refractivity contribution < 1.29 is 9.59 Å². The molecule has 2 amide bonds. The van der Waals surface area contributed by atoms with Crippen LogP contribution >= 0.6 is 11.3 Å². The third-order valence-electron chi connectivity index (χ3n) is 5.46. The zero-order valence-corrected chi connectivity index (χ0v) is 19.8. The van der Waals surface area contributed by atoms with E-state index in [2.05, 4.69) is 25.6 Å². The molecule has 1 fully saturated rings. The third-order valence-corrected chi connectivity index (χ3v) is 6.55. The van der Waals surface area contributed by atoms with Crippen LogP contribution in [0.25, 0.3) is 10.2 Å². The highest BCUT2D eigenvalue weighted by Gasteiger charge is 2.36. The Bertz CT molecular complexity index is 1150. The Morgan fingerprint density at radius 2 is 1.97 bits per heavy atom. The van der Waals surface area contributed by atoms with E-state index in [1.54, 1.807) is 11.1 Å². The molecule has 2 N–H and O–H groups in total. The largest absolute Gasteiger partial charge is 0.349 e. The number of nitrogens with one attached hydrogen (secondary N) is 2. The Morgan fingerprint density at radius 3 is 2.62 bits per heavy atom. The molecular formula is C23H28N6O2S. The first-order chi connectivity index (χ1) is 15.1. The SMILES string of the molecule is Cc1csc2c(C(=O)N3CC(NC(=O)C(C)(C)C)C3)nc(N[C@@H](C)c3ccccn3)nc12. The maximum Gasteiger partial charge on any atom is 0.274 e. The number of aromatic nitrogens is 3. The summed E-state index contributed by atoms with van der Waals surface area (Å²) in [5.41, 5.74) is 2.59. The van der Waals surface area contributed by atoms with Crippen molar-refractivity contribution in [2.45, 2.75) is 46.7 Å². The molecule has 1 atom stereocenters. The van der Waals surface area contributed by atoms with Gasteiger partial charge < -0.3 is 15.5 Å². The first-order valence-corrected chi connectivity index (χ1v) is 11.5. The molecule has 1 aliphatic rings. The highest BCUT2D eigenvalue weighted by atomic mass is 32.1. The van der Waals surface area contributed by atoms with E-state index in [1.807, 2.05) is 58.2 Å². The summed E-state index contributed by atoms with van der Waals surface area (Å²) >= 11 is 1.48. The summed E-state index contributed by atoms with van der Waals surface area (Å²) in [7, 11) is 0. The van der Waals surface area contributed by atoms with Crippen molar-refractivity contribution in [2.75, 3.05) is 18.4 Å². The normalized spacial score (nSPS) is 15.3. The van der Waals surface area contributed by atoms with E-state index >= 15 is 0 Å². The number of carbonyl (C=O) groups excluding carboxylic acids is 2. The van der Waals surface area contributed by atoms with Crippen molar-refractivity contribution in [3.05, 3.63) is 46.7 Å². The quantitative estimate of drug-likeness (QED) is 0.614. The lowest BCUT2D eigenvalue weighted by molar-refractivity contribution is -0.130. The average Bonchev–Trinajstić information content (AvgIpc) is 3.10. The maximum atomic E-state index is 13.3. The van der Waals surface area contributed by atoms with Crippen LogP contribution in [0.1, 0.15) is 55.5 Å². The molecule has 0 unspecified atom stereocenters. The maximum absolute atomic E-state index is 13.3. The third kappa shape index (κ3) is 4.43. The molecule has 0 aromatic carbocycles. The molecule has 8 nitrogen and oxygen atoms in total. The van der Waals surface area contributed by atoms with Crippen LogP contribution in [0, 0.1) is 12.3 Å². The standard InChI is InChI=1S/C23H28N6O2S/c1-13-12-32-19-17(13)27-22(25-14(2)16-8-6-7-9-24-16)28-18(19)20(30)29-10-15(11-29)26-21(31)23(3,4)5/h6-9,12,14-15H,10-11H2,1-5H3,(H,26,31)(H,25,27,28)/t14-/m0/s1. The van der Waals surface area contributed by atoms with E-state index in [9.17, 15) is 9.59 Å². The van der Waals surface area contributed by atoms with Crippen LogP contribution in [0.5, 0.6) is 0 Å². The second-order valence-electron chi connectivity index (χ2n) is 9.24. The number of fused-ring (bicyclic) bond motifs is 1. The van der Waals surface area contributed by atoms with Gasteiger partial charge in [0.1, 0.15) is 0 Å². The fourth-order valence-electron chi connectivity index (χ4n) is 3.43. The fraction of sp³-hybridized carbons (Fsp3) is 0.435. The lowest BCUT2D eigenvalue weighted by Gasteiger charge is -2.40. The molecule has 3 aromatic heterocycles. The predicted molar refractivity (Wildman–Crippen MR) is 126 cm³/mol. The lowest BCUT2D eigenvalue weighted by atomic mass is 9.94. The molecule has 0 saturated carbocycles. The van der Waals surface area contributed by atoms with Gasteiger partial charge in [-0.3, -0.25) is 14.6 Å². The molecule has 0 aliphatic carbocycles. The van der Waals surface area contributed by atoms with Crippen LogP contribution < -0.4 is 10.6 Å². The van der Waals surface area contributed by atoms with Crippen LogP contribution in [0.3, 0.4) is 0 Å². The van der Waals surface area contributed by atoms with Crippen molar-refractivity contribution in [1.29, 1.82) is 0 Å². The number of nitrogens with zero attached hydrogens (tertiary/aromatic N) is 4. The van der Waals surface area contributed by atoms with Crippen LogP contribution in [0.4, 0.5) is 5.95 Å². The summed E-state index contributed by atoms with van der Waals surface area (Å²) in [6, 6.07) is 5.59. The summed E-state index contributed by atoms with van der Waals surface area (Å²) in [6.07, 6.45) is 1.74. The van der Waals surface area contributed by atoms with Crippen molar-refractivity contribution in [2.24, 2.45) is 5.41 Å². The summed E-state index contributed by atoms with van der Waals surface area (Å²) < 4.78 is 0.783. The number of likely N-dealkylation sites (tertiary alicyclic amines) is 1. The number of aryl methyl sites for hydroxylation is 1. The minimum atomic E-state index is -0.456. The van der Waals surface area contributed by atoms with Gasteiger partial charge in [-0.25, -0.2) is 9.97 Å². The number of pyridine rings is 1. The predicted octanol–water partition coefficient (Wildman–Crippen LogP) is 3.55.